The lowest BCUT2D eigenvalue weighted by atomic mass is 9.75. The van der Waals surface area contributed by atoms with Gasteiger partial charge >= 0.3 is 18.2 Å². The molecule has 2 amide bonds. The molecule has 4 aromatic rings. The molecule has 0 saturated carbocycles. The van der Waals surface area contributed by atoms with Gasteiger partial charge in [0, 0.05) is 73.0 Å². The number of carboxylic acids is 1. The highest BCUT2D eigenvalue weighted by Crippen LogP contribution is 2.44. The Morgan fingerprint density at radius 1 is 0.962 bits per heavy atom. The fourth-order valence-corrected chi connectivity index (χ4v) is 7.97. The van der Waals surface area contributed by atoms with Crippen molar-refractivity contribution in [2.75, 3.05) is 40.9 Å². The summed E-state index contributed by atoms with van der Waals surface area (Å²) in [6, 6.07) is 5.24. The molecule has 6 rings (SSSR count). The van der Waals surface area contributed by atoms with Crippen LogP contribution in [0.1, 0.15) is 64.9 Å². The molecule has 0 unspecified atom stereocenters. The number of anilines is 3. The Morgan fingerprint density at radius 3 is 2.21 bits per heavy atom. The van der Waals surface area contributed by atoms with Gasteiger partial charge in [-0.1, -0.05) is 35.0 Å². The van der Waals surface area contributed by atoms with Crippen LogP contribution in [0.4, 0.5) is 27.0 Å². The molecule has 2 saturated heterocycles. The maximum atomic E-state index is 13.3. The van der Waals surface area contributed by atoms with E-state index in [1.54, 1.807) is 64.5 Å². The average Bonchev–Trinajstić information content (AvgIpc) is 3.67. The lowest BCUT2D eigenvalue weighted by Crippen LogP contribution is -2.49. The van der Waals surface area contributed by atoms with E-state index in [0.29, 0.717) is 41.3 Å². The van der Waals surface area contributed by atoms with E-state index in [-0.39, 0.29) is 37.8 Å². The number of imide groups is 1. The van der Waals surface area contributed by atoms with Gasteiger partial charge in [-0.2, -0.15) is 4.90 Å². The van der Waals surface area contributed by atoms with Gasteiger partial charge in [0.2, 0.25) is 5.95 Å². The number of pyridine rings is 2. The highest BCUT2D eigenvalue weighted by atomic mass is 35.5. The van der Waals surface area contributed by atoms with Gasteiger partial charge in [-0.3, -0.25) is 4.40 Å². The Hall–Kier alpha value is -4.38. The van der Waals surface area contributed by atoms with E-state index in [0.717, 1.165) is 36.8 Å². The zero-order valence-electron chi connectivity index (χ0n) is 30.2. The standard InChI is InChI=1S/C35H41Cl2N9O6S/c1-33(2,3)51-31(49)46(32(50)52-34(4,5)6)27-24(37)21(8-12-40-27)53-26-25(29(47)48)42-30(45-16-13-41-28(26)45)43-14-9-35(10-15-43)19-44(18-22(35)38)20-7-11-39-23(36)17-20/h7-8,11-13,16-17,22H,9-10,14-15,18-19,38H2,1-6H3,(H,47,48)/t22-/m1/s1. The molecular formula is C35H41Cl2N9O6S. The summed E-state index contributed by atoms with van der Waals surface area (Å²) < 4.78 is 12.7. The molecule has 2 aliphatic heterocycles. The summed E-state index contributed by atoms with van der Waals surface area (Å²) in [6.45, 7) is 12.5. The van der Waals surface area contributed by atoms with E-state index in [2.05, 4.69) is 29.7 Å². The second kappa shape index (κ2) is 14.5. The van der Waals surface area contributed by atoms with Crippen molar-refractivity contribution in [3.05, 3.63) is 58.9 Å². The molecule has 0 bridgehead atoms. The van der Waals surface area contributed by atoms with E-state index in [4.69, 9.17) is 38.4 Å². The number of nitrogens with two attached hydrogens (primary N) is 1. The number of carbonyl (C=O) groups is 3. The predicted molar refractivity (Wildman–Crippen MR) is 202 cm³/mol. The number of aromatic carboxylic acids is 1. The van der Waals surface area contributed by atoms with Crippen molar-refractivity contribution in [3.8, 4) is 0 Å². The quantitative estimate of drug-likeness (QED) is 0.195. The maximum Gasteiger partial charge on any atom is 0.425 e. The molecule has 2 fully saturated rings. The third-order valence-corrected chi connectivity index (χ3v) is 10.8. The van der Waals surface area contributed by atoms with Gasteiger partial charge in [-0.15, -0.1) is 0 Å². The topological polar surface area (TPSA) is 182 Å². The number of nitrogens with zero attached hydrogens (tertiary/aromatic N) is 8. The van der Waals surface area contributed by atoms with Gasteiger partial charge in [-0.25, -0.2) is 34.3 Å². The summed E-state index contributed by atoms with van der Waals surface area (Å²) in [5, 5.41) is 10.8. The van der Waals surface area contributed by atoms with Crippen LogP contribution >= 0.6 is 35.0 Å². The van der Waals surface area contributed by atoms with E-state index in [1.165, 1.54) is 12.3 Å². The smallest absolute Gasteiger partial charge is 0.425 e. The van der Waals surface area contributed by atoms with Crippen LogP contribution < -0.4 is 20.4 Å². The molecule has 282 valence electrons. The van der Waals surface area contributed by atoms with Crippen molar-refractivity contribution < 1.29 is 29.0 Å². The Labute approximate surface area is 320 Å². The molecule has 18 heteroatoms. The minimum Gasteiger partial charge on any atom is -0.476 e. The number of carbonyl (C=O) groups excluding carboxylic acids is 2. The first-order valence-electron chi connectivity index (χ1n) is 16.9. The molecule has 0 aliphatic carbocycles. The summed E-state index contributed by atoms with van der Waals surface area (Å²) >= 11 is 14.0. The highest BCUT2D eigenvalue weighted by molar-refractivity contribution is 7.99. The van der Waals surface area contributed by atoms with Gasteiger partial charge in [-0.05, 0) is 72.6 Å². The summed E-state index contributed by atoms with van der Waals surface area (Å²) in [6.07, 6.45) is 5.75. The summed E-state index contributed by atoms with van der Waals surface area (Å²) in [7, 11) is 0. The molecule has 2 aliphatic rings. The van der Waals surface area contributed by atoms with Crippen molar-refractivity contribution >= 4 is 76.2 Å². The van der Waals surface area contributed by atoms with Crippen LogP contribution in [-0.4, -0.2) is 91.0 Å². The van der Waals surface area contributed by atoms with Crippen molar-refractivity contribution in [1.29, 1.82) is 0 Å². The fourth-order valence-electron chi connectivity index (χ4n) is 6.49. The summed E-state index contributed by atoms with van der Waals surface area (Å²) in [5.41, 5.74) is 5.77. The molecule has 1 atom stereocenters. The van der Waals surface area contributed by atoms with Crippen molar-refractivity contribution in [3.63, 3.8) is 0 Å². The average molecular weight is 787 g/mol. The molecule has 0 radical (unpaired) electrons. The van der Waals surface area contributed by atoms with Crippen molar-refractivity contribution in [2.24, 2.45) is 11.1 Å². The number of ether oxygens (including phenoxy) is 2. The molecule has 4 aromatic heterocycles. The van der Waals surface area contributed by atoms with Crippen LogP contribution in [0.3, 0.4) is 0 Å². The van der Waals surface area contributed by atoms with Crippen LogP contribution in [0.15, 0.2) is 52.8 Å². The predicted octanol–water partition coefficient (Wildman–Crippen LogP) is 6.79. The normalized spacial score (nSPS) is 17.3. The van der Waals surface area contributed by atoms with Crippen LogP contribution in [0, 0.1) is 5.41 Å². The minimum atomic E-state index is -1.27. The van der Waals surface area contributed by atoms with Crippen LogP contribution in [0.2, 0.25) is 10.2 Å². The zero-order chi connectivity index (χ0) is 38.5. The first-order chi connectivity index (χ1) is 24.9. The number of amides is 2. The SMILES string of the molecule is CC(C)(C)OC(=O)N(C(=O)OC(C)(C)C)c1nccc(Sc2c(C(=O)O)nc(N3CCC4(CC3)CN(c3ccnc(Cl)c3)C[C@H]4N)n3ccnc23)c1Cl. The fraction of sp³-hybridized carbons (Fsp3) is 0.457. The minimum absolute atomic E-state index is 0.0669. The van der Waals surface area contributed by atoms with E-state index < -0.39 is 29.4 Å². The summed E-state index contributed by atoms with van der Waals surface area (Å²) in [5.74, 6) is -1.09. The van der Waals surface area contributed by atoms with E-state index in [9.17, 15) is 19.5 Å². The number of piperidine rings is 1. The Morgan fingerprint density at radius 2 is 1.60 bits per heavy atom. The van der Waals surface area contributed by atoms with Gasteiger partial charge < -0.3 is 30.1 Å². The number of halogens is 2. The van der Waals surface area contributed by atoms with Gasteiger partial charge in [0.25, 0.3) is 0 Å². The second-order valence-corrected chi connectivity index (χ2v) is 16.9. The van der Waals surface area contributed by atoms with Gasteiger partial charge in [0.15, 0.2) is 17.2 Å². The second-order valence-electron chi connectivity index (χ2n) is 15.0. The Balaban J connectivity index is 1.30. The van der Waals surface area contributed by atoms with Crippen molar-refractivity contribution in [2.45, 2.75) is 81.4 Å². The number of hydrogen-bond acceptors (Lipinski definition) is 13. The molecule has 0 aromatic carbocycles. The first-order valence-corrected chi connectivity index (χ1v) is 18.5. The number of rotatable bonds is 6. The van der Waals surface area contributed by atoms with Crippen molar-refractivity contribution in [1.82, 2.24) is 24.3 Å². The maximum absolute atomic E-state index is 13.3. The molecule has 6 heterocycles. The van der Waals surface area contributed by atoms with E-state index in [1.807, 2.05) is 12.1 Å². The monoisotopic (exact) mass is 785 g/mol. The number of hydrogen-bond donors (Lipinski definition) is 2. The molecule has 15 nitrogen and oxygen atoms in total. The zero-order valence-corrected chi connectivity index (χ0v) is 32.5. The molecule has 1 spiro atoms. The number of fused-ring (bicyclic) bond motifs is 1. The van der Waals surface area contributed by atoms with Crippen LogP contribution in [-0.2, 0) is 9.47 Å². The van der Waals surface area contributed by atoms with E-state index >= 15 is 0 Å². The highest BCUT2D eigenvalue weighted by Gasteiger charge is 2.47. The Bertz CT molecular complexity index is 2030. The largest absolute Gasteiger partial charge is 0.476 e. The lowest BCUT2D eigenvalue weighted by molar-refractivity contribution is 0.0428. The third kappa shape index (κ3) is 8.10. The molecular weight excluding hydrogens is 745 g/mol. The van der Waals surface area contributed by atoms with Gasteiger partial charge in [0.05, 0.1) is 9.92 Å². The third-order valence-electron chi connectivity index (χ3n) is 8.93. The van der Waals surface area contributed by atoms with Crippen LogP contribution in [0.5, 0.6) is 0 Å². The molecule has 53 heavy (non-hydrogen) atoms. The Kier molecular flexibility index (Phi) is 10.5. The molecule has 3 N–H and O–H groups in total. The summed E-state index contributed by atoms with van der Waals surface area (Å²) in [4.78, 5) is 62.4. The number of imidazole rings is 1. The first kappa shape index (κ1) is 38.3. The van der Waals surface area contributed by atoms with Gasteiger partial charge in [0.1, 0.15) is 16.4 Å². The number of aromatic nitrogens is 5. The lowest BCUT2D eigenvalue weighted by Gasteiger charge is -2.42. The number of carboxylic acid groups (broad SMARTS) is 1. The van der Waals surface area contributed by atoms with Crippen LogP contribution in [0.25, 0.3) is 5.65 Å².